The number of para-hydroxylation sites is 1. The number of benzene rings is 1. The molecule has 1 heterocycles. The van der Waals surface area contributed by atoms with Gasteiger partial charge in [-0.2, -0.15) is 0 Å². The molecule has 1 aromatic carbocycles. The van der Waals surface area contributed by atoms with Gasteiger partial charge in [0.1, 0.15) is 0 Å². The van der Waals surface area contributed by atoms with Crippen LogP contribution in [-0.4, -0.2) is 15.4 Å². The van der Waals surface area contributed by atoms with Crippen LogP contribution in [0.15, 0.2) is 30.3 Å². The SMILES string of the molecule is Cc1cc(C(=O)NCc2ccccc2[N+](=O)[O-])c(C)n1C1CCCCC1. The van der Waals surface area contributed by atoms with Crippen LogP contribution in [0, 0.1) is 24.0 Å². The largest absolute Gasteiger partial charge is 0.348 e. The molecule has 0 spiro atoms. The average molecular weight is 355 g/mol. The Labute approximate surface area is 153 Å². The predicted molar refractivity (Wildman–Crippen MR) is 100 cm³/mol. The first kappa shape index (κ1) is 18.2. The Morgan fingerprint density at radius 1 is 1.23 bits per heavy atom. The maximum atomic E-state index is 12.7. The molecule has 26 heavy (non-hydrogen) atoms. The normalized spacial score (nSPS) is 15.0. The molecule has 0 radical (unpaired) electrons. The molecular weight excluding hydrogens is 330 g/mol. The van der Waals surface area contributed by atoms with Crippen LogP contribution < -0.4 is 5.32 Å². The lowest BCUT2D eigenvalue weighted by atomic mass is 9.95. The standard InChI is InChI=1S/C20H25N3O3/c1-14-12-18(15(2)22(14)17-9-4-3-5-10-17)20(24)21-13-16-8-6-7-11-19(16)23(25)26/h6-8,11-12,17H,3-5,9-10,13H2,1-2H3,(H,21,24). The van der Waals surface area contributed by atoms with Crippen LogP contribution in [0.4, 0.5) is 5.69 Å². The van der Waals surface area contributed by atoms with Crippen molar-refractivity contribution in [2.24, 2.45) is 0 Å². The Balaban J connectivity index is 1.76. The molecule has 1 aliphatic carbocycles. The number of nitrogens with zero attached hydrogens (tertiary/aromatic N) is 2. The van der Waals surface area contributed by atoms with Crippen LogP contribution in [-0.2, 0) is 6.54 Å². The molecule has 2 aromatic rings. The Morgan fingerprint density at radius 3 is 2.62 bits per heavy atom. The van der Waals surface area contributed by atoms with E-state index in [1.165, 1.54) is 25.3 Å². The van der Waals surface area contributed by atoms with Crippen LogP contribution in [0.1, 0.15) is 65.5 Å². The van der Waals surface area contributed by atoms with E-state index in [2.05, 4.69) is 9.88 Å². The quantitative estimate of drug-likeness (QED) is 0.636. The van der Waals surface area contributed by atoms with Gasteiger partial charge in [0.25, 0.3) is 11.6 Å². The topological polar surface area (TPSA) is 77.2 Å². The van der Waals surface area contributed by atoms with Crippen molar-refractivity contribution in [3.8, 4) is 0 Å². The zero-order valence-electron chi connectivity index (χ0n) is 15.3. The van der Waals surface area contributed by atoms with E-state index in [4.69, 9.17) is 0 Å². The van der Waals surface area contributed by atoms with Crippen molar-refractivity contribution in [3.05, 3.63) is 63.0 Å². The lowest BCUT2D eigenvalue weighted by molar-refractivity contribution is -0.385. The molecule has 0 unspecified atom stereocenters. The summed E-state index contributed by atoms with van der Waals surface area (Å²) in [5, 5.41) is 13.9. The maximum Gasteiger partial charge on any atom is 0.274 e. The van der Waals surface area contributed by atoms with E-state index >= 15 is 0 Å². The third kappa shape index (κ3) is 3.64. The molecule has 0 aliphatic heterocycles. The van der Waals surface area contributed by atoms with Gasteiger partial charge in [-0.1, -0.05) is 37.5 Å². The number of nitro groups is 1. The molecule has 1 amide bonds. The van der Waals surface area contributed by atoms with E-state index in [1.807, 2.05) is 19.9 Å². The Kier molecular flexibility index (Phi) is 5.40. The van der Waals surface area contributed by atoms with Gasteiger partial charge in [0, 0.05) is 35.6 Å². The zero-order valence-corrected chi connectivity index (χ0v) is 15.3. The number of nitro benzene ring substituents is 1. The first-order valence-corrected chi connectivity index (χ1v) is 9.18. The number of amides is 1. The number of hydrogen-bond acceptors (Lipinski definition) is 3. The fourth-order valence-electron chi connectivity index (χ4n) is 4.02. The van der Waals surface area contributed by atoms with E-state index in [0.29, 0.717) is 17.2 Å². The van der Waals surface area contributed by atoms with Gasteiger partial charge in [-0.25, -0.2) is 0 Å². The molecule has 0 atom stereocenters. The Morgan fingerprint density at radius 2 is 1.92 bits per heavy atom. The highest BCUT2D eigenvalue weighted by Gasteiger charge is 2.23. The van der Waals surface area contributed by atoms with Gasteiger partial charge in [0.2, 0.25) is 0 Å². The fraction of sp³-hybridized carbons (Fsp3) is 0.450. The summed E-state index contributed by atoms with van der Waals surface area (Å²) in [5.74, 6) is -0.182. The lowest BCUT2D eigenvalue weighted by Crippen LogP contribution is -2.24. The molecule has 6 heteroatoms. The zero-order chi connectivity index (χ0) is 18.7. The lowest BCUT2D eigenvalue weighted by Gasteiger charge is -2.26. The fourth-order valence-corrected chi connectivity index (χ4v) is 4.02. The minimum atomic E-state index is -0.420. The van der Waals surface area contributed by atoms with Gasteiger partial charge in [0.05, 0.1) is 10.5 Å². The number of aromatic nitrogens is 1. The highest BCUT2D eigenvalue weighted by atomic mass is 16.6. The summed E-state index contributed by atoms with van der Waals surface area (Å²) >= 11 is 0. The molecule has 1 saturated carbocycles. The van der Waals surface area contributed by atoms with Crippen LogP contribution in [0.2, 0.25) is 0 Å². The average Bonchev–Trinajstić information content (AvgIpc) is 2.95. The van der Waals surface area contributed by atoms with Crippen molar-refractivity contribution in [2.45, 2.75) is 58.5 Å². The van der Waals surface area contributed by atoms with E-state index in [-0.39, 0.29) is 18.1 Å². The highest BCUT2D eigenvalue weighted by molar-refractivity contribution is 5.95. The molecule has 0 bridgehead atoms. The minimum Gasteiger partial charge on any atom is -0.348 e. The molecule has 6 nitrogen and oxygen atoms in total. The van der Waals surface area contributed by atoms with Gasteiger partial charge in [-0.3, -0.25) is 14.9 Å². The van der Waals surface area contributed by atoms with Gasteiger partial charge in [-0.05, 0) is 32.8 Å². The summed E-state index contributed by atoms with van der Waals surface area (Å²) in [7, 11) is 0. The third-order valence-corrected chi connectivity index (χ3v) is 5.30. The second kappa shape index (κ2) is 7.72. The summed E-state index contributed by atoms with van der Waals surface area (Å²) in [6.07, 6.45) is 6.09. The first-order valence-electron chi connectivity index (χ1n) is 9.18. The van der Waals surface area contributed by atoms with Crippen molar-refractivity contribution in [1.82, 2.24) is 9.88 Å². The van der Waals surface area contributed by atoms with Gasteiger partial charge in [0.15, 0.2) is 0 Å². The van der Waals surface area contributed by atoms with Crippen LogP contribution in [0.25, 0.3) is 0 Å². The van der Waals surface area contributed by atoms with Crippen LogP contribution >= 0.6 is 0 Å². The number of carbonyl (C=O) groups is 1. The van der Waals surface area contributed by atoms with E-state index in [9.17, 15) is 14.9 Å². The highest BCUT2D eigenvalue weighted by Crippen LogP contribution is 2.32. The summed E-state index contributed by atoms with van der Waals surface area (Å²) in [6.45, 7) is 4.17. The number of nitrogens with one attached hydrogen (secondary N) is 1. The summed E-state index contributed by atoms with van der Waals surface area (Å²) in [6, 6.07) is 8.89. The molecule has 138 valence electrons. The number of rotatable bonds is 5. The molecule has 3 rings (SSSR count). The molecule has 1 fully saturated rings. The second-order valence-electron chi connectivity index (χ2n) is 7.02. The van der Waals surface area contributed by atoms with Crippen molar-refractivity contribution in [2.75, 3.05) is 0 Å². The molecule has 1 aliphatic rings. The van der Waals surface area contributed by atoms with Crippen molar-refractivity contribution in [1.29, 1.82) is 0 Å². The Hall–Kier alpha value is -2.63. The van der Waals surface area contributed by atoms with E-state index in [1.54, 1.807) is 18.2 Å². The third-order valence-electron chi connectivity index (χ3n) is 5.30. The van der Waals surface area contributed by atoms with E-state index < -0.39 is 4.92 Å². The predicted octanol–water partition coefficient (Wildman–Crippen LogP) is 4.45. The van der Waals surface area contributed by atoms with Gasteiger partial charge < -0.3 is 9.88 Å². The van der Waals surface area contributed by atoms with Gasteiger partial charge >= 0.3 is 0 Å². The smallest absolute Gasteiger partial charge is 0.274 e. The maximum absolute atomic E-state index is 12.7. The first-order chi connectivity index (χ1) is 12.5. The molecule has 1 N–H and O–H groups in total. The van der Waals surface area contributed by atoms with Gasteiger partial charge in [-0.15, -0.1) is 0 Å². The van der Waals surface area contributed by atoms with Crippen molar-refractivity contribution >= 4 is 11.6 Å². The summed E-state index contributed by atoms with van der Waals surface area (Å²) in [5.41, 5.74) is 3.28. The minimum absolute atomic E-state index is 0.0282. The number of hydrogen-bond donors (Lipinski definition) is 1. The van der Waals surface area contributed by atoms with Crippen LogP contribution in [0.3, 0.4) is 0 Å². The molecule has 1 aromatic heterocycles. The van der Waals surface area contributed by atoms with Crippen molar-refractivity contribution < 1.29 is 9.72 Å². The van der Waals surface area contributed by atoms with Crippen molar-refractivity contribution in [3.63, 3.8) is 0 Å². The Bertz CT molecular complexity index is 820. The molecular formula is C20H25N3O3. The van der Waals surface area contributed by atoms with E-state index in [0.717, 1.165) is 24.2 Å². The monoisotopic (exact) mass is 355 g/mol. The number of carbonyl (C=O) groups excluding carboxylic acids is 1. The molecule has 0 saturated heterocycles. The van der Waals surface area contributed by atoms with Crippen LogP contribution in [0.5, 0.6) is 0 Å². The number of aryl methyl sites for hydroxylation is 1. The summed E-state index contributed by atoms with van der Waals surface area (Å²) in [4.78, 5) is 23.4. The summed E-state index contributed by atoms with van der Waals surface area (Å²) < 4.78 is 2.29. The second-order valence-corrected chi connectivity index (χ2v) is 7.02.